The summed E-state index contributed by atoms with van der Waals surface area (Å²) >= 11 is 1.66. The summed E-state index contributed by atoms with van der Waals surface area (Å²) in [6, 6.07) is 10.1. The van der Waals surface area contributed by atoms with Gasteiger partial charge in [-0.15, -0.1) is 11.8 Å². The monoisotopic (exact) mass is 236 g/mol. The van der Waals surface area contributed by atoms with Gasteiger partial charge >= 0.3 is 0 Å². The van der Waals surface area contributed by atoms with Gasteiger partial charge in [0.15, 0.2) is 0 Å². The van der Waals surface area contributed by atoms with Crippen molar-refractivity contribution in [1.29, 1.82) is 0 Å². The Balaban J connectivity index is 1.92. The Kier molecular flexibility index (Phi) is 3.85. The van der Waals surface area contributed by atoms with Gasteiger partial charge in [-0.3, -0.25) is 10.1 Å². The SMILES string of the molecule is C[C@@H](NC(=O)C1NCCS1)c1ccccc1. The fourth-order valence-corrected chi connectivity index (χ4v) is 2.63. The highest BCUT2D eigenvalue weighted by atomic mass is 32.2. The molecule has 2 atom stereocenters. The molecule has 1 aliphatic rings. The van der Waals surface area contributed by atoms with E-state index in [0.717, 1.165) is 17.9 Å². The van der Waals surface area contributed by atoms with Crippen molar-refractivity contribution >= 4 is 17.7 Å². The summed E-state index contributed by atoms with van der Waals surface area (Å²) < 4.78 is 0. The van der Waals surface area contributed by atoms with E-state index in [1.807, 2.05) is 37.3 Å². The molecule has 86 valence electrons. The molecule has 0 spiro atoms. The third-order valence-corrected chi connectivity index (χ3v) is 3.77. The molecule has 16 heavy (non-hydrogen) atoms. The zero-order valence-corrected chi connectivity index (χ0v) is 10.1. The zero-order valence-electron chi connectivity index (χ0n) is 9.27. The van der Waals surface area contributed by atoms with Crippen LogP contribution in [0.25, 0.3) is 0 Å². The highest BCUT2D eigenvalue weighted by molar-refractivity contribution is 8.00. The lowest BCUT2D eigenvalue weighted by molar-refractivity contribution is -0.121. The molecule has 2 rings (SSSR count). The van der Waals surface area contributed by atoms with Gasteiger partial charge in [-0.1, -0.05) is 30.3 Å². The molecular formula is C12H16N2OS. The summed E-state index contributed by atoms with van der Waals surface area (Å²) in [5.41, 5.74) is 1.14. The first-order valence-electron chi connectivity index (χ1n) is 5.47. The predicted molar refractivity (Wildman–Crippen MR) is 67.2 cm³/mol. The lowest BCUT2D eigenvalue weighted by Crippen LogP contribution is -2.39. The van der Waals surface area contributed by atoms with Crippen LogP contribution < -0.4 is 10.6 Å². The largest absolute Gasteiger partial charge is 0.347 e. The molecule has 1 aromatic rings. The van der Waals surface area contributed by atoms with E-state index < -0.39 is 0 Å². The van der Waals surface area contributed by atoms with Crippen molar-refractivity contribution in [3.05, 3.63) is 35.9 Å². The van der Waals surface area contributed by atoms with Gasteiger partial charge in [-0.05, 0) is 12.5 Å². The molecule has 2 N–H and O–H groups in total. The summed E-state index contributed by atoms with van der Waals surface area (Å²) in [4.78, 5) is 11.8. The lowest BCUT2D eigenvalue weighted by Gasteiger charge is -2.17. The summed E-state index contributed by atoms with van der Waals surface area (Å²) in [7, 11) is 0. The van der Waals surface area contributed by atoms with Crippen molar-refractivity contribution in [3.63, 3.8) is 0 Å². The van der Waals surface area contributed by atoms with Crippen molar-refractivity contribution in [3.8, 4) is 0 Å². The molecule has 0 aliphatic carbocycles. The molecule has 0 radical (unpaired) electrons. The molecule has 1 fully saturated rings. The second-order valence-corrected chi connectivity index (χ2v) is 5.06. The molecule has 1 unspecified atom stereocenters. The first-order chi connectivity index (χ1) is 7.77. The maximum atomic E-state index is 11.8. The Morgan fingerprint density at radius 2 is 2.25 bits per heavy atom. The number of thioether (sulfide) groups is 1. The van der Waals surface area contributed by atoms with E-state index in [9.17, 15) is 4.79 Å². The number of nitrogens with one attached hydrogen (secondary N) is 2. The standard InChI is InChI=1S/C12H16N2OS/c1-9(10-5-3-2-4-6-10)14-11(15)12-13-7-8-16-12/h2-6,9,12-13H,7-8H2,1H3,(H,14,15)/t9-,12?/m1/s1. The van der Waals surface area contributed by atoms with Crippen LogP contribution in [0.15, 0.2) is 30.3 Å². The number of rotatable bonds is 3. The van der Waals surface area contributed by atoms with Gasteiger partial charge in [0, 0.05) is 12.3 Å². The maximum Gasteiger partial charge on any atom is 0.247 e. The summed E-state index contributed by atoms with van der Waals surface area (Å²) in [5.74, 6) is 1.09. The average molecular weight is 236 g/mol. The summed E-state index contributed by atoms with van der Waals surface area (Å²) in [5, 5.41) is 6.10. The Morgan fingerprint density at radius 1 is 1.50 bits per heavy atom. The van der Waals surface area contributed by atoms with Crippen LogP contribution >= 0.6 is 11.8 Å². The number of amides is 1. The second kappa shape index (κ2) is 5.37. The van der Waals surface area contributed by atoms with E-state index in [-0.39, 0.29) is 17.3 Å². The second-order valence-electron chi connectivity index (χ2n) is 3.85. The van der Waals surface area contributed by atoms with Crippen molar-refractivity contribution in [1.82, 2.24) is 10.6 Å². The fourth-order valence-electron chi connectivity index (χ4n) is 1.71. The third kappa shape index (κ3) is 2.77. The summed E-state index contributed by atoms with van der Waals surface area (Å²) in [6.45, 7) is 2.93. The minimum Gasteiger partial charge on any atom is -0.347 e. The smallest absolute Gasteiger partial charge is 0.247 e. The quantitative estimate of drug-likeness (QED) is 0.836. The van der Waals surface area contributed by atoms with Crippen LogP contribution in [0.1, 0.15) is 18.5 Å². The molecule has 0 bridgehead atoms. The normalized spacial score (nSPS) is 21.7. The van der Waals surface area contributed by atoms with E-state index in [1.54, 1.807) is 11.8 Å². The fraction of sp³-hybridized carbons (Fsp3) is 0.417. The number of hydrogen-bond donors (Lipinski definition) is 2. The van der Waals surface area contributed by atoms with Crippen molar-refractivity contribution in [2.45, 2.75) is 18.3 Å². The topological polar surface area (TPSA) is 41.1 Å². The minimum atomic E-state index is -0.0776. The van der Waals surface area contributed by atoms with Gasteiger partial charge in [0.2, 0.25) is 5.91 Å². The van der Waals surface area contributed by atoms with E-state index in [4.69, 9.17) is 0 Å². The van der Waals surface area contributed by atoms with Gasteiger partial charge in [0.05, 0.1) is 6.04 Å². The van der Waals surface area contributed by atoms with Crippen molar-refractivity contribution < 1.29 is 4.79 Å². The van der Waals surface area contributed by atoms with Crippen LogP contribution in [-0.4, -0.2) is 23.6 Å². The summed E-state index contributed by atoms with van der Waals surface area (Å²) in [6.07, 6.45) is 0. The van der Waals surface area contributed by atoms with Crippen LogP contribution in [0, 0.1) is 0 Å². The van der Waals surface area contributed by atoms with Crippen LogP contribution in [0.5, 0.6) is 0 Å². The Morgan fingerprint density at radius 3 is 2.88 bits per heavy atom. The Hall–Kier alpha value is -1.00. The van der Waals surface area contributed by atoms with Crippen LogP contribution in [0.2, 0.25) is 0 Å². The van der Waals surface area contributed by atoms with E-state index in [2.05, 4.69) is 10.6 Å². The highest BCUT2D eigenvalue weighted by Crippen LogP contribution is 2.16. The highest BCUT2D eigenvalue weighted by Gasteiger charge is 2.23. The van der Waals surface area contributed by atoms with Gasteiger partial charge < -0.3 is 5.32 Å². The van der Waals surface area contributed by atoms with Gasteiger partial charge in [-0.25, -0.2) is 0 Å². The molecule has 1 saturated heterocycles. The van der Waals surface area contributed by atoms with E-state index >= 15 is 0 Å². The molecule has 1 amide bonds. The van der Waals surface area contributed by atoms with Crippen molar-refractivity contribution in [2.75, 3.05) is 12.3 Å². The molecule has 1 aromatic carbocycles. The average Bonchev–Trinajstić information content (AvgIpc) is 2.83. The predicted octanol–water partition coefficient (Wildman–Crippen LogP) is 1.53. The van der Waals surface area contributed by atoms with Crippen LogP contribution in [0.4, 0.5) is 0 Å². The van der Waals surface area contributed by atoms with E-state index in [1.165, 1.54) is 0 Å². The maximum absolute atomic E-state index is 11.8. The van der Waals surface area contributed by atoms with Crippen LogP contribution in [-0.2, 0) is 4.79 Å². The van der Waals surface area contributed by atoms with Gasteiger partial charge in [0.25, 0.3) is 0 Å². The van der Waals surface area contributed by atoms with Gasteiger partial charge in [-0.2, -0.15) is 0 Å². The zero-order chi connectivity index (χ0) is 11.4. The molecule has 1 aliphatic heterocycles. The number of hydrogen-bond acceptors (Lipinski definition) is 3. The molecule has 4 heteroatoms. The third-order valence-electron chi connectivity index (χ3n) is 2.61. The molecule has 3 nitrogen and oxygen atoms in total. The van der Waals surface area contributed by atoms with E-state index in [0.29, 0.717) is 0 Å². The Bertz CT molecular complexity index is 349. The molecule has 0 saturated carbocycles. The number of benzene rings is 1. The first kappa shape index (κ1) is 11.5. The molecular weight excluding hydrogens is 220 g/mol. The van der Waals surface area contributed by atoms with Gasteiger partial charge in [0.1, 0.15) is 5.37 Å². The first-order valence-corrected chi connectivity index (χ1v) is 6.52. The van der Waals surface area contributed by atoms with Crippen LogP contribution in [0.3, 0.4) is 0 Å². The van der Waals surface area contributed by atoms with Crippen molar-refractivity contribution in [2.24, 2.45) is 0 Å². The number of carbonyl (C=O) groups is 1. The molecule has 1 heterocycles. The molecule has 0 aromatic heterocycles. The minimum absolute atomic E-state index is 0.0664. The Labute approximate surface area is 100.0 Å². The number of carbonyl (C=O) groups excluding carboxylic acids is 1. The lowest BCUT2D eigenvalue weighted by atomic mass is 10.1.